The summed E-state index contributed by atoms with van der Waals surface area (Å²) < 4.78 is 1.72. The first-order valence-corrected chi connectivity index (χ1v) is 4.39. The Morgan fingerprint density at radius 3 is 2.77 bits per heavy atom. The van der Waals surface area contributed by atoms with E-state index in [9.17, 15) is 0 Å². The van der Waals surface area contributed by atoms with Gasteiger partial charge in [-0.1, -0.05) is 6.07 Å². The highest BCUT2D eigenvalue weighted by atomic mass is 32.1. The second-order valence-electron chi connectivity index (χ2n) is 2.73. The van der Waals surface area contributed by atoms with Crippen LogP contribution in [-0.2, 0) is 0 Å². The molecule has 0 aliphatic carbocycles. The Bertz CT molecular complexity index is 389. The predicted octanol–water partition coefficient (Wildman–Crippen LogP) is 1.86. The Labute approximate surface area is 81.8 Å². The van der Waals surface area contributed by atoms with Gasteiger partial charge in [0.2, 0.25) is 0 Å². The minimum atomic E-state index is 0.811. The molecule has 0 atom stereocenters. The largest absolute Gasteiger partial charge is 0.237 e. The fourth-order valence-electron chi connectivity index (χ4n) is 1.06. The van der Waals surface area contributed by atoms with Crippen LogP contribution in [0, 0.1) is 6.92 Å². The maximum atomic E-state index is 4.26. The van der Waals surface area contributed by atoms with Crippen LogP contribution >= 0.6 is 12.6 Å². The molecule has 0 N–H and O–H groups in total. The molecule has 0 aromatic carbocycles. The lowest BCUT2D eigenvalue weighted by atomic mass is 10.5. The lowest BCUT2D eigenvalue weighted by molar-refractivity contribution is 0.832. The molecule has 3 nitrogen and oxygen atoms in total. The van der Waals surface area contributed by atoms with Gasteiger partial charge in [0.25, 0.3) is 0 Å². The number of thiol groups is 1. The van der Waals surface area contributed by atoms with Crippen LogP contribution in [-0.4, -0.2) is 14.8 Å². The summed E-state index contributed by atoms with van der Waals surface area (Å²) in [6, 6.07) is 5.71. The molecular formula is C9H9N3S. The molecule has 0 saturated heterocycles. The highest BCUT2D eigenvalue weighted by molar-refractivity contribution is 7.80. The van der Waals surface area contributed by atoms with Gasteiger partial charge in [0.05, 0.1) is 5.69 Å². The lowest BCUT2D eigenvalue weighted by Gasteiger charge is -1.96. The van der Waals surface area contributed by atoms with Crippen molar-refractivity contribution in [1.82, 2.24) is 14.8 Å². The minimum Gasteiger partial charge on any atom is -0.237 e. The summed E-state index contributed by atoms with van der Waals surface area (Å²) in [7, 11) is 0. The zero-order chi connectivity index (χ0) is 9.26. The number of pyridine rings is 1. The molecule has 0 bridgehead atoms. The molecular weight excluding hydrogens is 182 g/mol. The molecule has 13 heavy (non-hydrogen) atoms. The average molecular weight is 191 g/mol. The van der Waals surface area contributed by atoms with E-state index in [1.54, 1.807) is 10.9 Å². The Hall–Kier alpha value is -1.29. The standard InChI is InChI=1S/C9H9N3S/c1-7-8(13)6-12(11-7)9-4-2-3-5-10-9/h2-6,13H,1H3. The maximum absolute atomic E-state index is 4.26. The van der Waals surface area contributed by atoms with E-state index < -0.39 is 0 Å². The second kappa shape index (κ2) is 3.22. The van der Waals surface area contributed by atoms with E-state index in [0.29, 0.717) is 0 Å². The molecule has 2 aromatic rings. The zero-order valence-corrected chi connectivity index (χ0v) is 8.07. The van der Waals surface area contributed by atoms with Crippen LogP contribution in [0.2, 0.25) is 0 Å². The average Bonchev–Trinajstić information content (AvgIpc) is 2.49. The van der Waals surface area contributed by atoms with E-state index >= 15 is 0 Å². The fraction of sp³-hybridized carbons (Fsp3) is 0.111. The van der Waals surface area contributed by atoms with E-state index in [-0.39, 0.29) is 0 Å². The molecule has 4 heteroatoms. The zero-order valence-electron chi connectivity index (χ0n) is 7.18. The van der Waals surface area contributed by atoms with Crippen LogP contribution in [0.25, 0.3) is 5.82 Å². The third-order valence-corrected chi connectivity index (χ3v) is 2.20. The number of aryl methyl sites for hydroxylation is 1. The SMILES string of the molecule is Cc1nn(-c2ccccn2)cc1S. The van der Waals surface area contributed by atoms with Crippen molar-refractivity contribution in [1.29, 1.82) is 0 Å². The summed E-state index contributed by atoms with van der Waals surface area (Å²) >= 11 is 4.26. The molecule has 66 valence electrons. The summed E-state index contributed by atoms with van der Waals surface area (Å²) in [5, 5.41) is 4.26. The van der Waals surface area contributed by atoms with Gasteiger partial charge in [-0.05, 0) is 19.1 Å². The molecule has 2 aromatic heterocycles. The smallest absolute Gasteiger partial charge is 0.153 e. The van der Waals surface area contributed by atoms with Gasteiger partial charge in [0, 0.05) is 17.3 Å². The Balaban J connectivity index is 2.48. The van der Waals surface area contributed by atoms with Gasteiger partial charge >= 0.3 is 0 Å². The number of aromatic nitrogens is 3. The first kappa shape index (κ1) is 8.31. The van der Waals surface area contributed by atoms with Crippen LogP contribution in [0.15, 0.2) is 35.5 Å². The molecule has 2 rings (SSSR count). The van der Waals surface area contributed by atoms with E-state index in [0.717, 1.165) is 16.4 Å². The third kappa shape index (κ3) is 1.58. The number of hydrogen-bond donors (Lipinski definition) is 1. The van der Waals surface area contributed by atoms with E-state index in [2.05, 4.69) is 22.7 Å². The summed E-state index contributed by atoms with van der Waals surface area (Å²) in [5.74, 6) is 0.811. The van der Waals surface area contributed by atoms with E-state index in [1.807, 2.05) is 31.3 Å². The van der Waals surface area contributed by atoms with Gasteiger partial charge in [0.1, 0.15) is 0 Å². The predicted molar refractivity (Wildman–Crippen MR) is 53.3 cm³/mol. The van der Waals surface area contributed by atoms with Gasteiger partial charge in [0.15, 0.2) is 5.82 Å². The van der Waals surface area contributed by atoms with Crippen LogP contribution < -0.4 is 0 Å². The monoisotopic (exact) mass is 191 g/mol. The van der Waals surface area contributed by atoms with E-state index in [4.69, 9.17) is 0 Å². The molecule has 0 fully saturated rings. The van der Waals surface area contributed by atoms with Gasteiger partial charge in [-0.15, -0.1) is 12.6 Å². The van der Waals surface area contributed by atoms with Crippen molar-refractivity contribution in [2.24, 2.45) is 0 Å². The number of hydrogen-bond acceptors (Lipinski definition) is 3. The molecule has 0 saturated carbocycles. The van der Waals surface area contributed by atoms with Crippen molar-refractivity contribution in [3.8, 4) is 5.82 Å². The van der Waals surface area contributed by atoms with Gasteiger partial charge < -0.3 is 0 Å². The molecule has 0 aliphatic heterocycles. The molecule has 0 radical (unpaired) electrons. The molecule has 0 spiro atoms. The van der Waals surface area contributed by atoms with Crippen LogP contribution in [0.4, 0.5) is 0 Å². The first-order valence-electron chi connectivity index (χ1n) is 3.94. The minimum absolute atomic E-state index is 0.811. The highest BCUT2D eigenvalue weighted by Gasteiger charge is 2.02. The lowest BCUT2D eigenvalue weighted by Crippen LogP contribution is -1.96. The van der Waals surface area contributed by atoms with Crippen molar-refractivity contribution in [2.75, 3.05) is 0 Å². The van der Waals surface area contributed by atoms with Gasteiger partial charge in [-0.3, -0.25) is 0 Å². The summed E-state index contributed by atoms with van der Waals surface area (Å²) in [6.45, 7) is 1.92. The number of nitrogens with zero attached hydrogens (tertiary/aromatic N) is 3. The first-order chi connectivity index (χ1) is 6.27. The van der Waals surface area contributed by atoms with Crippen molar-refractivity contribution in [3.63, 3.8) is 0 Å². The summed E-state index contributed by atoms with van der Waals surface area (Å²) in [5.41, 5.74) is 0.911. The normalized spacial score (nSPS) is 10.3. The van der Waals surface area contributed by atoms with Crippen LogP contribution in [0.1, 0.15) is 5.69 Å². The van der Waals surface area contributed by atoms with Crippen molar-refractivity contribution in [2.45, 2.75) is 11.8 Å². The van der Waals surface area contributed by atoms with E-state index in [1.165, 1.54) is 0 Å². The Kier molecular flexibility index (Phi) is 2.06. The third-order valence-electron chi connectivity index (χ3n) is 1.76. The quantitative estimate of drug-likeness (QED) is 0.697. The van der Waals surface area contributed by atoms with Crippen molar-refractivity contribution in [3.05, 3.63) is 36.3 Å². The summed E-state index contributed by atoms with van der Waals surface area (Å²) in [6.07, 6.45) is 3.59. The molecule has 0 unspecified atom stereocenters. The Morgan fingerprint density at radius 1 is 1.38 bits per heavy atom. The van der Waals surface area contributed by atoms with Crippen LogP contribution in [0.3, 0.4) is 0 Å². The topological polar surface area (TPSA) is 30.7 Å². The molecule has 2 heterocycles. The number of rotatable bonds is 1. The highest BCUT2D eigenvalue weighted by Crippen LogP contribution is 2.12. The van der Waals surface area contributed by atoms with Crippen molar-refractivity contribution < 1.29 is 0 Å². The van der Waals surface area contributed by atoms with Crippen LogP contribution in [0.5, 0.6) is 0 Å². The van der Waals surface area contributed by atoms with Crippen molar-refractivity contribution >= 4 is 12.6 Å². The summed E-state index contributed by atoms with van der Waals surface area (Å²) in [4.78, 5) is 5.05. The molecule has 0 amide bonds. The Morgan fingerprint density at radius 2 is 2.23 bits per heavy atom. The second-order valence-corrected chi connectivity index (χ2v) is 3.21. The molecule has 0 aliphatic rings. The van der Waals surface area contributed by atoms with Gasteiger partial charge in [-0.25, -0.2) is 9.67 Å². The maximum Gasteiger partial charge on any atom is 0.153 e. The fourth-order valence-corrected chi connectivity index (χ4v) is 1.21. The van der Waals surface area contributed by atoms with Gasteiger partial charge in [-0.2, -0.15) is 5.10 Å².